The van der Waals surface area contributed by atoms with Crippen LogP contribution < -0.4 is 4.74 Å². The van der Waals surface area contributed by atoms with E-state index in [0.29, 0.717) is 18.2 Å². The molecule has 0 N–H and O–H groups in total. The first kappa shape index (κ1) is 10.1. The summed E-state index contributed by atoms with van der Waals surface area (Å²) in [4.78, 5) is 15.2. The Kier molecular flexibility index (Phi) is 2.97. The average Bonchev–Trinajstić information content (AvgIpc) is 2.71. The first-order valence-electron chi connectivity index (χ1n) is 4.98. The van der Waals surface area contributed by atoms with Crippen molar-refractivity contribution >= 4 is 5.78 Å². The van der Waals surface area contributed by atoms with Gasteiger partial charge in [0.05, 0.1) is 13.2 Å². The van der Waals surface area contributed by atoms with Gasteiger partial charge in [-0.3, -0.25) is 4.79 Å². The van der Waals surface area contributed by atoms with Gasteiger partial charge >= 0.3 is 0 Å². The molecule has 80 valence electrons. The molecule has 1 saturated heterocycles. The van der Waals surface area contributed by atoms with Crippen LogP contribution in [0.4, 0.5) is 0 Å². The zero-order valence-electron chi connectivity index (χ0n) is 8.60. The Balaban J connectivity index is 2.07. The number of pyridine rings is 1. The Labute approximate surface area is 88.2 Å². The molecular weight excluding hydrogens is 194 g/mol. The zero-order chi connectivity index (χ0) is 10.7. The lowest BCUT2D eigenvalue weighted by Gasteiger charge is -2.10. The van der Waals surface area contributed by atoms with E-state index in [1.165, 1.54) is 6.92 Å². The molecule has 1 aromatic rings. The van der Waals surface area contributed by atoms with Crippen molar-refractivity contribution in [2.75, 3.05) is 13.2 Å². The molecule has 1 aromatic heterocycles. The van der Waals surface area contributed by atoms with Gasteiger partial charge < -0.3 is 9.47 Å². The van der Waals surface area contributed by atoms with Crippen LogP contribution in [-0.4, -0.2) is 30.1 Å². The molecule has 4 nitrogen and oxygen atoms in total. The van der Waals surface area contributed by atoms with Crippen LogP contribution in [0.1, 0.15) is 23.8 Å². The second kappa shape index (κ2) is 4.40. The second-order valence-electron chi connectivity index (χ2n) is 3.52. The van der Waals surface area contributed by atoms with Crippen LogP contribution in [0.3, 0.4) is 0 Å². The van der Waals surface area contributed by atoms with Gasteiger partial charge in [0.2, 0.25) is 5.88 Å². The van der Waals surface area contributed by atoms with Crippen LogP contribution in [-0.2, 0) is 4.74 Å². The number of carbonyl (C=O) groups is 1. The maximum absolute atomic E-state index is 11.1. The molecular formula is C11H13NO3. The van der Waals surface area contributed by atoms with E-state index in [-0.39, 0.29) is 11.9 Å². The topological polar surface area (TPSA) is 48.4 Å². The average molecular weight is 207 g/mol. The summed E-state index contributed by atoms with van der Waals surface area (Å²) in [5, 5.41) is 0. The highest BCUT2D eigenvalue weighted by Crippen LogP contribution is 2.14. The van der Waals surface area contributed by atoms with E-state index in [1.807, 2.05) is 0 Å². The van der Waals surface area contributed by atoms with E-state index in [1.54, 1.807) is 18.2 Å². The number of carbonyl (C=O) groups excluding carboxylic acids is 1. The third kappa shape index (κ3) is 2.53. The first-order chi connectivity index (χ1) is 7.25. The summed E-state index contributed by atoms with van der Waals surface area (Å²) in [6.45, 7) is 2.83. The fourth-order valence-corrected chi connectivity index (χ4v) is 1.45. The molecule has 1 unspecified atom stereocenters. The molecule has 4 heteroatoms. The lowest BCUT2D eigenvalue weighted by Crippen LogP contribution is -2.16. The molecule has 2 rings (SSSR count). The summed E-state index contributed by atoms with van der Waals surface area (Å²) in [7, 11) is 0. The molecule has 1 atom stereocenters. The maximum Gasteiger partial charge on any atom is 0.214 e. The van der Waals surface area contributed by atoms with Gasteiger partial charge in [-0.15, -0.1) is 0 Å². The van der Waals surface area contributed by atoms with Crippen LogP contribution in [0.25, 0.3) is 0 Å². The molecule has 0 aliphatic carbocycles. The monoisotopic (exact) mass is 207 g/mol. The minimum atomic E-state index is -0.0527. The van der Waals surface area contributed by atoms with E-state index in [0.717, 1.165) is 13.0 Å². The van der Waals surface area contributed by atoms with Gasteiger partial charge in [-0.05, 0) is 6.07 Å². The number of ether oxygens (including phenoxy) is 2. The molecule has 15 heavy (non-hydrogen) atoms. The van der Waals surface area contributed by atoms with Crippen LogP contribution in [0, 0.1) is 0 Å². The highest BCUT2D eigenvalue weighted by molar-refractivity contribution is 5.92. The van der Waals surface area contributed by atoms with E-state index in [4.69, 9.17) is 9.47 Å². The fourth-order valence-electron chi connectivity index (χ4n) is 1.45. The summed E-state index contributed by atoms with van der Waals surface area (Å²) in [6, 6.07) is 5.21. The van der Waals surface area contributed by atoms with Gasteiger partial charge in [0.15, 0.2) is 5.78 Å². The third-order valence-electron chi connectivity index (χ3n) is 2.26. The smallest absolute Gasteiger partial charge is 0.214 e. The van der Waals surface area contributed by atoms with Crippen molar-refractivity contribution in [2.24, 2.45) is 0 Å². The molecule has 0 saturated carbocycles. The predicted octanol–water partition coefficient (Wildman–Crippen LogP) is 1.45. The lowest BCUT2D eigenvalue weighted by atomic mass is 10.3. The Morgan fingerprint density at radius 3 is 3.13 bits per heavy atom. The summed E-state index contributed by atoms with van der Waals surface area (Å²) in [6.07, 6.45) is 0.950. The quantitative estimate of drug-likeness (QED) is 0.704. The Bertz CT molecular complexity index is 359. The largest absolute Gasteiger partial charge is 0.472 e. The maximum atomic E-state index is 11.1. The number of ketones is 1. The molecule has 1 fully saturated rings. The molecule has 0 aromatic carbocycles. The highest BCUT2D eigenvalue weighted by Gasteiger charge is 2.17. The van der Waals surface area contributed by atoms with Crippen molar-refractivity contribution in [3.05, 3.63) is 23.9 Å². The van der Waals surface area contributed by atoms with Crippen molar-refractivity contribution in [3.8, 4) is 5.88 Å². The van der Waals surface area contributed by atoms with Gasteiger partial charge in [0, 0.05) is 19.4 Å². The second-order valence-corrected chi connectivity index (χ2v) is 3.52. The molecule has 2 heterocycles. The summed E-state index contributed by atoms with van der Waals surface area (Å²) >= 11 is 0. The number of aromatic nitrogens is 1. The van der Waals surface area contributed by atoms with Gasteiger partial charge in [-0.2, -0.15) is 0 Å². The van der Waals surface area contributed by atoms with Crippen LogP contribution in [0.2, 0.25) is 0 Å². The number of hydrogen-bond acceptors (Lipinski definition) is 4. The number of rotatable bonds is 3. The lowest BCUT2D eigenvalue weighted by molar-refractivity contribution is 0.101. The fraction of sp³-hybridized carbons (Fsp3) is 0.455. The van der Waals surface area contributed by atoms with Crippen molar-refractivity contribution < 1.29 is 14.3 Å². The number of nitrogens with zero attached hydrogens (tertiary/aromatic N) is 1. The van der Waals surface area contributed by atoms with Crippen molar-refractivity contribution in [1.82, 2.24) is 4.98 Å². The third-order valence-corrected chi connectivity index (χ3v) is 2.26. The van der Waals surface area contributed by atoms with Gasteiger partial charge in [-0.25, -0.2) is 4.98 Å². The zero-order valence-corrected chi connectivity index (χ0v) is 8.60. The Morgan fingerprint density at radius 1 is 1.60 bits per heavy atom. The molecule has 1 aliphatic rings. The molecule has 0 radical (unpaired) electrons. The van der Waals surface area contributed by atoms with Gasteiger partial charge in [0.1, 0.15) is 11.8 Å². The standard InChI is InChI=1S/C11H13NO3/c1-8(13)10-3-2-4-11(12-10)15-9-5-6-14-7-9/h2-4,9H,5-7H2,1H3. The molecule has 0 spiro atoms. The molecule has 0 amide bonds. The van der Waals surface area contributed by atoms with E-state index >= 15 is 0 Å². The SMILES string of the molecule is CC(=O)c1cccc(OC2CCOC2)n1. The predicted molar refractivity (Wildman–Crippen MR) is 54.1 cm³/mol. The van der Waals surface area contributed by atoms with Crippen LogP contribution in [0.5, 0.6) is 5.88 Å². The summed E-state index contributed by atoms with van der Waals surface area (Å²) < 4.78 is 10.8. The van der Waals surface area contributed by atoms with Gasteiger partial charge in [0.25, 0.3) is 0 Å². The summed E-state index contributed by atoms with van der Waals surface area (Å²) in [5.41, 5.74) is 0.436. The molecule has 1 aliphatic heterocycles. The number of hydrogen-bond donors (Lipinski definition) is 0. The van der Waals surface area contributed by atoms with Crippen molar-refractivity contribution in [3.63, 3.8) is 0 Å². The number of Topliss-reactive ketones (excluding diaryl/α,β-unsaturated/α-hetero) is 1. The molecule has 0 bridgehead atoms. The Morgan fingerprint density at radius 2 is 2.47 bits per heavy atom. The van der Waals surface area contributed by atoms with Gasteiger partial charge in [-0.1, -0.05) is 6.07 Å². The highest BCUT2D eigenvalue weighted by atomic mass is 16.5. The van der Waals surface area contributed by atoms with Crippen LogP contribution in [0.15, 0.2) is 18.2 Å². The Hall–Kier alpha value is -1.42. The van der Waals surface area contributed by atoms with Crippen LogP contribution >= 0.6 is 0 Å². The van der Waals surface area contributed by atoms with Crippen molar-refractivity contribution in [1.29, 1.82) is 0 Å². The van der Waals surface area contributed by atoms with E-state index in [9.17, 15) is 4.79 Å². The van der Waals surface area contributed by atoms with Crippen molar-refractivity contribution in [2.45, 2.75) is 19.4 Å². The normalized spacial score (nSPS) is 20.2. The minimum Gasteiger partial charge on any atom is -0.472 e. The minimum absolute atomic E-state index is 0.0527. The first-order valence-corrected chi connectivity index (χ1v) is 4.98. The van der Waals surface area contributed by atoms with E-state index in [2.05, 4.69) is 4.98 Å². The summed E-state index contributed by atoms with van der Waals surface area (Å²) in [5.74, 6) is 0.446. The van der Waals surface area contributed by atoms with E-state index < -0.39 is 0 Å².